The fourth-order valence-corrected chi connectivity index (χ4v) is 1.76. The predicted molar refractivity (Wildman–Crippen MR) is 78.3 cm³/mol. The van der Waals surface area contributed by atoms with Crippen molar-refractivity contribution in [2.24, 2.45) is 5.10 Å². The minimum atomic E-state index is 0.652. The van der Waals surface area contributed by atoms with Gasteiger partial charge in [0.2, 0.25) is 0 Å². The summed E-state index contributed by atoms with van der Waals surface area (Å²) in [6.07, 6.45) is 1.74. The zero-order chi connectivity index (χ0) is 13.7. The topological polar surface area (TPSA) is 48.2 Å². The maximum Gasteiger partial charge on any atom is 0.0991 e. The molecular formula is C16H15N3. The fourth-order valence-electron chi connectivity index (χ4n) is 1.76. The van der Waals surface area contributed by atoms with E-state index in [1.54, 1.807) is 18.3 Å². The Bertz CT molecular complexity index is 634. The second-order valence-corrected chi connectivity index (χ2v) is 4.42. The van der Waals surface area contributed by atoms with E-state index in [9.17, 15) is 0 Å². The van der Waals surface area contributed by atoms with E-state index in [0.717, 1.165) is 16.8 Å². The molecule has 0 radical (unpaired) electrons. The Kier molecular flexibility index (Phi) is 3.94. The maximum absolute atomic E-state index is 8.71. The molecule has 3 heteroatoms. The number of hydrogen-bond donors (Lipinski definition) is 1. The molecule has 94 valence electrons. The predicted octanol–water partition coefficient (Wildman–Crippen LogP) is 3.62. The number of anilines is 1. The molecule has 2 rings (SSSR count). The second kappa shape index (κ2) is 5.83. The Morgan fingerprint density at radius 3 is 2.47 bits per heavy atom. The van der Waals surface area contributed by atoms with Gasteiger partial charge in [-0.3, -0.25) is 5.43 Å². The van der Waals surface area contributed by atoms with Crippen LogP contribution in [0.15, 0.2) is 47.6 Å². The van der Waals surface area contributed by atoms with Gasteiger partial charge in [-0.2, -0.15) is 10.4 Å². The van der Waals surface area contributed by atoms with Crippen molar-refractivity contribution < 1.29 is 0 Å². The standard InChI is InChI=1S/C16H15N3/c1-12-3-8-16(13(2)9-12)19-18-11-15-6-4-14(10-17)5-7-15/h3-9,11,19H,1-2H3/b18-11-. The van der Waals surface area contributed by atoms with Gasteiger partial charge in [0.05, 0.1) is 23.5 Å². The van der Waals surface area contributed by atoms with Crippen molar-refractivity contribution in [3.8, 4) is 6.07 Å². The molecule has 0 fully saturated rings. The molecule has 0 saturated carbocycles. The summed E-state index contributed by atoms with van der Waals surface area (Å²) < 4.78 is 0. The molecule has 2 aromatic rings. The van der Waals surface area contributed by atoms with Gasteiger partial charge >= 0.3 is 0 Å². The third kappa shape index (κ3) is 3.43. The Morgan fingerprint density at radius 2 is 1.84 bits per heavy atom. The highest BCUT2D eigenvalue weighted by atomic mass is 15.3. The van der Waals surface area contributed by atoms with E-state index in [2.05, 4.69) is 29.6 Å². The molecule has 0 bridgehead atoms. The monoisotopic (exact) mass is 249 g/mol. The second-order valence-electron chi connectivity index (χ2n) is 4.42. The summed E-state index contributed by atoms with van der Waals surface area (Å²) >= 11 is 0. The first-order chi connectivity index (χ1) is 9.19. The molecule has 0 aliphatic rings. The van der Waals surface area contributed by atoms with Crippen molar-refractivity contribution in [3.63, 3.8) is 0 Å². The van der Waals surface area contributed by atoms with Gasteiger partial charge in [-0.15, -0.1) is 0 Å². The SMILES string of the molecule is Cc1ccc(N/N=C\c2ccc(C#N)cc2)c(C)c1. The molecule has 3 nitrogen and oxygen atoms in total. The van der Waals surface area contributed by atoms with Gasteiger partial charge in [-0.1, -0.05) is 29.8 Å². The van der Waals surface area contributed by atoms with Crippen LogP contribution in [-0.4, -0.2) is 6.21 Å². The van der Waals surface area contributed by atoms with Crippen LogP contribution >= 0.6 is 0 Å². The lowest BCUT2D eigenvalue weighted by atomic mass is 10.1. The number of nitriles is 1. The van der Waals surface area contributed by atoms with Gasteiger partial charge in [0, 0.05) is 0 Å². The molecule has 0 aromatic heterocycles. The van der Waals surface area contributed by atoms with Crippen LogP contribution in [0.3, 0.4) is 0 Å². The normalized spacial score (nSPS) is 10.4. The lowest BCUT2D eigenvalue weighted by molar-refractivity contribution is 1.29. The van der Waals surface area contributed by atoms with Crippen LogP contribution in [0.4, 0.5) is 5.69 Å². The summed E-state index contributed by atoms with van der Waals surface area (Å²) in [4.78, 5) is 0. The Labute approximate surface area is 113 Å². The fraction of sp³-hybridized carbons (Fsp3) is 0.125. The molecule has 0 unspecified atom stereocenters. The Balaban J connectivity index is 2.05. The lowest BCUT2D eigenvalue weighted by Gasteiger charge is -2.05. The Hall–Kier alpha value is -2.60. The van der Waals surface area contributed by atoms with Gasteiger partial charge < -0.3 is 0 Å². The third-order valence-corrected chi connectivity index (χ3v) is 2.82. The highest BCUT2D eigenvalue weighted by molar-refractivity contribution is 5.80. The van der Waals surface area contributed by atoms with Crippen LogP contribution in [0, 0.1) is 25.2 Å². The summed E-state index contributed by atoms with van der Waals surface area (Å²) in [5.41, 5.74) is 8.02. The molecule has 0 aliphatic heterocycles. The molecular weight excluding hydrogens is 234 g/mol. The minimum Gasteiger partial charge on any atom is -0.278 e. The van der Waals surface area contributed by atoms with E-state index in [1.165, 1.54) is 5.56 Å². The number of nitrogens with one attached hydrogen (secondary N) is 1. The van der Waals surface area contributed by atoms with Crippen molar-refractivity contribution >= 4 is 11.9 Å². The summed E-state index contributed by atoms with van der Waals surface area (Å²) in [5.74, 6) is 0. The van der Waals surface area contributed by atoms with Crippen molar-refractivity contribution in [1.29, 1.82) is 5.26 Å². The van der Waals surface area contributed by atoms with Gasteiger partial charge in [0.25, 0.3) is 0 Å². The quantitative estimate of drug-likeness (QED) is 0.667. The summed E-state index contributed by atoms with van der Waals surface area (Å²) in [6.45, 7) is 4.11. The van der Waals surface area contributed by atoms with Crippen LogP contribution in [0.25, 0.3) is 0 Å². The van der Waals surface area contributed by atoms with Gasteiger partial charge in [0.1, 0.15) is 0 Å². The van der Waals surface area contributed by atoms with Crippen LogP contribution in [0.1, 0.15) is 22.3 Å². The highest BCUT2D eigenvalue weighted by Gasteiger charge is 1.96. The molecule has 0 amide bonds. The molecule has 0 atom stereocenters. The Morgan fingerprint density at radius 1 is 1.11 bits per heavy atom. The summed E-state index contributed by atoms with van der Waals surface area (Å²) in [7, 11) is 0. The molecule has 0 spiro atoms. The van der Waals surface area contributed by atoms with Crippen LogP contribution in [0.2, 0.25) is 0 Å². The number of hydrazone groups is 1. The maximum atomic E-state index is 8.71. The van der Waals surface area contributed by atoms with Gasteiger partial charge in [-0.05, 0) is 43.2 Å². The molecule has 0 saturated heterocycles. The molecule has 1 N–H and O–H groups in total. The molecule has 2 aromatic carbocycles. The number of aryl methyl sites for hydroxylation is 2. The third-order valence-electron chi connectivity index (χ3n) is 2.82. The van der Waals surface area contributed by atoms with E-state index in [-0.39, 0.29) is 0 Å². The molecule has 0 heterocycles. The van der Waals surface area contributed by atoms with Crippen LogP contribution in [-0.2, 0) is 0 Å². The zero-order valence-corrected chi connectivity index (χ0v) is 11.0. The van der Waals surface area contributed by atoms with Crippen molar-refractivity contribution in [2.75, 3.05) is 5.43 Å². The van der Waals surface area contributed by atoms with E-state index in [0.29, 0.717) is 5.56 Å². The van der Waals surface area contributed by atoms with E-state index in [4.69, 9.17) is 5.26 Å². The first-order valence-electron chi connectivity index (χ1n) is 6.05. The van der Waals surface area contributed by atoms with Gasteiger partial charge in [0.15, 0.2) is 0 Å². The van der Waals surface area contributed by atoms with Crippen molar-refractivity contribution in [3.05, 3.63) is 64.7 Å². The smallest absolute Gasteiger partial charge is 0.0991 e. The first-order valence-corrected chi connectivity index (χ1v) is 6.05. The molecule has 19 heavy (non-hydrogen) atoms. The lowest BCUT2D eigenvalue weighted by Crippen LogP contribution is -1.93. The zero-order valence-electron chi connectivity index (χ0n) is 11.0. The number of hydrogen-bond acceptors (Lipinski definition) is 3. The highest BCUT2D eigenvalue weighted by Crippen LogP contribution is 2.15. The summed E-state index contributed by atoms with van der Waals surface area (Å²) in [5, 5.41) is 12.9. The van der Waals surface area contributed by atoms with E-state index in [1.807, 2.05) is 31.2 Å². The first kappa shape index (κ1) is 12.8. The van der Waals surface area contributed by atoms with Crippen molar-refractivity contribution in [2.45, 2.75) is 13.8 Å². The number of nitrogens with zero attached hydrogens (tertiary/aromatic N) is 2. The largest absolute Gasteiger partial charge is 0.278 e. The van der Waals surface area contributed by atoms with E-state index < -0.39 is 0 Å². The van der Waals surface area contributed by atoms with Gasteiger partial charge in [-0.25, -0.2) is 0 Å². The van der Waals surface area contributed by atoms with E-state index >= 15 is 0 Å². The van der Waals surface area contributed by atoms with Crippen molar-refractivity contribution in [1.82, 2.24) is 0 Å². The minimum absolute atomic E-state index is 0.652. The number of rotatable bonds is 3. The average Bonchev–Trinajstić information content (AvgIpc) is 2.42. The summed E-state index contributed by atoms with van der Waals surface area (Å²) in [6, 6.07) is 15.5. The number of benzene rings is 2. The van der Waals surface area contributed by atoms with Crippen LogP contribution in [0.5, 0.6) is 0 Å². The average molecular weight is 249 g/mol. The van der Waals surface area contributed by atoms with Crippen LogP contribution < -0.4 is 5.43 Å². The molecule has 0 aliphatic carbocycles.